The van der Waals surface area contributed by atoms with Crippen LogP contribution in [0.5, 0.6) is 5.75 Å². The van der Waals surface area contributed by atoms with Crippen LogP contribution in [-0.2, 0) is 19.6 Å². The van der Waals surface area contributed by atoms with Crippen LogP contribution in [0, 0.1) is 0 Å². The van der Waals surface area contributed by atoms with Crippen LogP contribution in [0.25, 0.3) is 6.08 Å². The van der Waals surface area contributed by atoms with Gasteiger partial charge in [0.05, 0.1) is 17.7 Å². The molecule has 180 valence electrons. The highest BCUT2D eigenvalue weighted by molar-refractivity contribution is 9.10. The van der Waals surface area contributed by atoms with Crippen molar-refractivity contribution in [1.29, 1.82) is 0 Å². The molecule has 3 aromatic rings. The number of nitrogens with one attached hydrogen (secondary N) is 2. The van der Waals surface area contributed by atoms with E-state index in [9.17, 15) is 18.0 Å². The van der Waals surface area contributed by atoms with E-state index in [0.717, 1.165) is 5.56 Å². The van der Waals surface area contributed by atoms with Gasteiger partial charge in [-0.2, -0.15) is 5.10 Å². The van der Waals surface area contributed by atoms with Gasteiger partial charge in [-0.3, -0.25) is 4.79 Å². The summed E-state index contributed by atoms with van der Waals surface area (Å²) in [6.07, 6.45) is 4.20. The first-order valence-electron chi connectivity index (χ1n) is 10.0. The molecule has 0 fully saturated rings. The van der Waals surface area contributed by atoms with E-state index in [4.69, 9.17) is 16.3 Å². The standard InChI is InChI=1S/C24H19BrClN3O5S/c25-19-7-12-22(34-24(31)13-6-17-4-2-1-3-5-17)18(14-19)15-27-29-23(30)16-28-35(32,33)21-10-8-20(26)9-11-21/h1-15,28H,16H2,(H,29,30)/b13-6+,27-15-. The molecule has 0 heterocycles. The Morgan fingerprint density at radius 2 is 1.74 bits per heavy atom. The Labute approximate surface area is 215 Å². The number of benzene rings is 3. The number of nitrogens with zero attached hydrogens (tertiary/aromatic N) is 1. The number of halogens is 2. The minimum Gasteiger partial charge on any atom is -0.423 e. The van der Waals surface area contributed by atoms with Crippen molar-refractivity contribution in [2.24, 2.45) is 5.10 Å². The number of amides is 1. The van der Waals surface area contributed by atoms with E-state index < -0.39 is 28.4 Å². The van der Waals surface area contributed by atoms with Gasteiger partial charge in [0, 0.05) is 21.1 Å². The van der Waals surface area contributed by atoms with Crippen molar-refractivity contribution in [3.63, 3.8) is 0 Å². The lowest BCUT2D eigenvalue weighted by atomic mass is 10.2. The van der Waals surface area contributed by atoms with Gasteiger partial charge in [0.1, 0.15) is 5.75 Å². The first-order valence-corrected chi connectivity index (χ1v) is 12.7. The summed E-state index contributed by atoms with van der Waals surface area (Å²) in [5.74, 6) is -1.07. The molecule has 0 saturated carbocycles. The molecule has 0 unspecified atom stereocenters. The van der Waals surface area contributed by atoms with E-state index in [1.54, 1.807) is 24.3 Å². The summed E-state index contributed by atoms with van der Waals surface area (Å²) in [4.78, 5) is 24.2. The first-order chi connectivity index (χ1) is 16.7. The maximum absolute atomic E-state index is 12.2. The van der Waals surface area contributed by atoms with Crippen molar-refractivity contribution in [3.8, 4) is 5.75 Å². The predicted octanol–water partition coefficient (Wildman–Crippen LogP) is 4.15. The van der Waals surface area contributed by atoms with Crippen LogP contribution in [0.2, 0.25) is 5.02 Å². The average molecular weight is 577 g/mol. The van der Waals surface area contributed by atoms with Crippen molar-refractivity contribution in [1.82, 2.24) is 10.1 Å². The van der Waals surface area contributed by atoms with Crippen LogP contribution in [-0.4, -0.2) is 33.1 Å². The topological polar surface area (TPSA) is 114 Å². The number of carbonyl (C=O) groups excluding carboxylic acids is 2. The minimum atomic E-state index is -3.89. The Kier molecular flexibility index (Phi) is 9.32. The highest BCUT2D eigenvalue weighted by atomic mass is 79.9. The summed E-state index contributed by atoms with van der Waals surface area (Å²) in [5, 5.41) is 4.21. The second-order valence-electron chi connectivity index (χ2n) is 6.92. The van der Waals surface area contributed by atoms with Gasteiger partial charge >= 0.3 is 5.97 Å². The lowest BCUT2D eigenvalue weighted by molar-refractivity contribution is -0.129. The SMILES string of the molecule is O=C(CNS(=O)(=O)c1ccc(Cl)cc1)N/N=C\c1cc(Br)ccc1OC(=O)/C=C/c1ccccc1. The Morgan fingerprint density at radius 1 is 1.03 bits per heavy atom. The number of sulfonamides is 1. The first kappa shape index (κ1) is 26.3. The van der Waals surface area contributed by atoms with Crippen LogP contribution in [0.4, 0.5) is 0 Å². The molecule has 0 spiro atoms. The van der Waals surface area contributed by atoms with E-state index in [1.165, 1.54) is 36.6 Å². The van der Waals surface area contributed by atoms with Crippen molar-refractivity contribution in [2.45, 2.75) is 4.90 Å². The summed E-state index contributed by atoms with van der Waals surface area (Å²) in [5.41, 5.74) is 3.47. The number of hydrogen-bond donors (Lipinski definition) is 2. The number of hydrazone groups is 1. The fourth-order valence-corrected chi connectivity index (χ4v) is 4.14. The van der Waals surface area contributed by atoms with Crippen molar-refractivity contribution < 1.29 is 22.7 Å². The van der Waals surface area contributed by atoms with Gasteiger partial charge in [-0.15, -0.1) is 0 Å². The molecule has 1 amide bonds. The zero-order valence-electron chi connectivity index (χ0n) is 18.0. The van der Waals surface area contributed by atoms with Gasteiger partial charge in [0.25, 0.3) is 5.91 Å². The smallest absolute Gasteiger partial charge is 0.336 e. The van der Waals surface area contributed by atoms with Crippen LogP contribution in [0.1, 0.15) is 11.1 Å². The second kappa shape index (κ2) is 12.4. The lowest BCUT2D eigenvalue weighted by Crippen LogP contribution is -2.34. The third kappa shape index (κ3) is 8.45. The second-order valence-corrected chi connectivity index (χ2v) is 10.0. The molecule has 2 N–H and O–H groups in total. The highest BCUT2D eigenvalue weighted by Crippen LogP contribution is 2.22. The summed E-state index contributed by atoms with van der Waals surface area (Å²) in [7, 11) is -3.89. The third-order valence-corrected chi connectivity index (χ3v) is 6.50. The fourth-order valence-electron chi connectivity index (χ4n) is 2.65. The van der Waals surface area contributed by atoms with Gasteiger partial charge in [-0.1, -0.05) is 57.9 Å². The fraction of sp³-hybridized carbons (Fsp3) is 0.0417. The third-order valence-electron chi connectivity index (χ3n) is 4.33. The quantitative estimate of drug-likeness (QED) is 0.131. The summed E-state index contributed by atoms with van der Waals surface area (Å²) < 4.78 is 32.7. The Bertz CT molecular complexity index is 1360. The minimum absolute atomic E-state index is 0.0277. The Morgan fingerprint density at radius 3 is 2.46 bits per heavy atom. The number of carbonyl (C=O) groups is 2. The van der Waals surface area contributed by atoms with Gasteiger partial charge in [0.2, 0.25) is 10.0 Å². The number of esters is 1. The van der Waals surface area contributed by atoms with Crippen LogP contribution in [0.15, 0.2) is 93.3 Å². The highest BCUT2D eigenvalue weighted by Gasteiger charge is 2.15. The molecule has 0 radical (unpaired) electrons. The molecule has 11 heteroatoms. The van der Waals surface area contributed by atoms with Crippen LogP contribution >= 0.6 is 27.5 Å². The zero-order chi connectivity index (χ0) is 25.3. The van der Waals surface area contributed by atoms with Gasteiger partial charge < -0.3 is 4.74 Å². The molecule has 3 rings (SSSR count). The van der Waals surface area contributed by atoms with Crippen molar-refractivity contribution in [2.75, 3.05) is 6.54 Å². The zero-order valence-corrected chi connectivity index (χ0v) is 21.2. The van der Waals surface area contributed by atoms with Crippen LogP contribution in [0.3, 0.4) is 0 Å². The number of ether oxygens (including phenoxy) is 1. The molecule has 0 bridgehead atoms. The summed E-state index contributed by atoms with van der Waals surface area (Å²) >= 11 is 9.09. The monoisotopic (exact) mass is 575 g/mol. The number of rotatable bonds is 9. The van der Waals surface area contributed by atoms with E-state index in [-0.39, 0.29) is 10.6 Å². The van der Waals surface area contributed by atoms with Crippen molar-refractivity contribution in [3.05, 3.63) is 99.5 Å². The molecule has 0 aliphatic heterocycles. The van der Waals surface area contributed by atoms with Gasteiger partial charge in [0.15, 0.2) is 0 Å². The molecule has 0 aliphatic carbocycles. The molecule has 0 atom stereocenters. The number of hydrogen-bond acceptors (Lipinski definition) is 6. The Hall–Kier alpha value is -3.31. The largest absolute Gasteiger partial charge is 0.423 e. The van der Waals surface area contributed by atoms with Crippen LogP contribution < -0.4 is 14.9 Å². The van der Waals surface area contributed by atoms with E-state index >= 15 is 0 Å². The van der Waals surface area contributed by atoms with E-state index in [0.29, 0.717) is 15.1 Å². The summed E-state index contributed by atoms with van der Waals surface area (Å²) in [6, 6.07) is 19.7. The predicted molar refractivity (Wildman–Crippen MR) is 138 cm³/mol. The molecule has 3 aromatic carbocycles. The molecular formula is C24H19BrClN3O5S. The molecule has 0 aromatic heterocycles. The average Bonchev–Trinajstić information content (AvgIpc) is 2.84. The molecule has 35 heavy (non-hydrogen) atoms. The lowest BCUT2D eigenvalue weighted by Gasteiger charge is -2.07. The normalized spacial score (nSPS) is 11.6. The molecule has 0 saturated heterocycles. The van der Waals surface area contributed by atoms with Gasteiger partial charge in [-0.05, 0) is 54.1 Å². The molecule has 8 nitrogen and oxygen atoms in total. The maximum atomic E-state index is 12.2. The Balaban J connectivity index is 1.58. The van der Waals surface area contributed by atoms with E-state index in [2.05, 4.69) is 31.2 Å². The molecular weight excluding hydrogens is 558 g/mol. The summed E-state index contributed by atoms with van der Waals surface area (Å²) in [6.45, 7) is -0.535. The van der Waals surface area contributed by atoms with Crippen molar-refractivity contribution >= 4 is 61.7 Å². The van der Waals surface area contributed by atoms with Gasteiger partial charge in [-0.25, -0.2) is 23.4 Å². The maximum Gasteiger partial charge on any atom is 0.336 e. The van der Waals surface area contributed by atoms with E-state index in [1.807, 2.05) is 30.3 Å². The molecule has 0 aliphatic rings.